The number of pyridine rings is 1. The Kier molecular flexibility index (Phi) is 3.07. The fourth-order valence-corrected chi connectivity index (χ4v) is 1.09. The predicted molar refractivity (Wildman–Crippen MR) is 43.2 cm³/mol. The van der Waals surface area contributed by atoms with E-state index in [2.05, 4.69) is 4.98 Å². The SMILES string of the molecule is Cc1nc(C(F)F)cc(F)c1CC#N. The number of aromatic nitrogens is 1. The van der Waals surface area contributed by atoms with Crippen LogP contribution in [0.25, 0.3) is 0 Å². The van der Waals surface area contributed by atoms with Crippen LogP contribution in [0.15, 0.2) is 6.07 Å². The van der Waals surface area contributed by atoms with Gasteiger partial charge in [0, 0.05) is 17.3 Å². The van der Waals surface area contributed by atoms with Crippen LogP contribution >= 0.6 is 0 Å². The van der Waals surface area contributed by atoms with Gasteiger partial charge in [-0.3, -0.25) is 4.98 Å². The zero-order valence-corrected chi connectivity index (χ0v) is 7.39. The van der Waals surface area contributed by atoms with Gasteiger partial charge in [-0.25, -0.2) is 13.2 Å². The van der Waals surface area contributed by atoms with Crippen molar-refractivity contribution in [2.24, 2.45) is 0 Å². The average Bonchev–Trinajstić information content (AvgIpc) is 2.10. The molecule has 0 radical (unpaired) electrons. The Balaban J connectivity index is 3.19. The summed E-state index contributed by atoms with van der Waals surface area (Å²) in [4.78, 5) is 3.51. The molecule has 0 aliphatic heterocycles. The summed E-state index contributed by atoms with van der Waals surface area (Å²) in [7, 11) is 0. The molecule has 2 nitrogen and oxygen atoms in total. The van der Waals surface area contributed by atoms with Crippen LogP contribution in [-0.4, -0.2) is 4.98 Å². The number of nitriles is 1. The molecule has 0 aliphatic carbocycles. The molecule has 0 unspecified atom stereocenters. The Morgan fingerprint density at radius 1 is 1.57 bits per heavy atom. The lowest BCUT2D eigenvalue weighted by Crippen LogP contribution is -2.01. The van der Waals surface area contributed by atoms with Gasteiger partial charge in [-0.2, -0.15) is 5.26 Å². The summed E-state index contributed by atoms with van der Waals surface area (Å²) in [5, 5.41) is 8.35. The largest absolute Gasteiger partial charge is 0.280 e. The monoisotopic (exact) mass is 200 g/mol. The molecule has 0 N–H and O–H groups in total. The van der Waals surface area contributed by atoms with E-state index in [-0.39, 0.29) is 17.7 Å². The summed E-state index contributed by atoms with van der Waals surface area (Å²) >= 11 is 0. The molecule has 0 fully saturated rings. The normalized spacial score (nSPS) is 10.3. The molecule has 1 rings (SSSR count). The second kappa shape index (κ2) is 4.09. The molecule has 1 aromatic rings. The molecular formula is C9H7F3N2. The van der Waals surface area contributed by atoms with E-state index < -0.39 is 17.9 Å². The fraction of sp³-hybridized carbons (Fsp3) is 0.333. The molecule has 74 valence electrons. The molecular weight excluding hydrogens is 193 g/mol. The van der Waals surface area contributed by atoms with Crippen LogP contribution < -0.4 is 0 Å². The van der Waals surface area contributed by atoms with Crippen LogP contribution in [0.3, 0.4) is 0 Å². The van der Waals surface area contributed by atoms with Gasteiger partial charge in [-0.1, -0.05) is 0 Å². The van der Waals surface area contributed by atoms with Crippen LogP contribution in [-0.2, 0) is 6.42 Å². The summed E-state index contributed by atoms with van der Waals surface area (Å²) in [6.45, 7) is 1.40. The van der Waals surface area contributed by atoms with E-state index in [4.69, 9.17) is 5.26 Å². The van der Waals surface area contributed by atoms with E-state index in [0.717, 1.165) is 0 Å². The van der Waals surface area contributed by atoms with E-state index in [1.807, 2.05) is 0 Å². The highest BCUT2D eigenvalue weighted by Gasteiger charge is 2.15. The molecule has 14 heavy (non-hydrogen) atoms. The zero-order valence-electron chi connectivity index (χ0n) is 7.39. The van der Waals surface area contributed by atoms with Crippen LogP contribution in [0.1, 0.15) is 23.4 Å². The third kappa shape index (κ3) is 2.02. The van der Waals surface area contributed by atoms with Crippen LogP contribution in [0.5, 0.6) is 0 Å². The molecule has 5 heteroatoms. The third-order valence-electron chi connectivity index (χ3n) is 1.78. The molecule has 0 atom stereocenters. The predicted octanol–water partition coefficient (Wildman–Crippen LogP) is 2.53. The lowest BCUT2D eigenvalue weighted by Gasteiger charge is -2.05. The first-order chi connectivity index (χ1) is 6.56. The first-order valence-electron chi connectivity index (χ1n) is 3.87. The van der Waals surface area contributed by atoms with E-state index in [9.17, 15) is 13.2 Å². The minimum atomic E-state index is -2.79. The van der Waals surface area contributed by atoms with Gasteiger partial charge in [0.15, 0.2) is 0 Å². The fourth-order valence-electron chi connectivity index (χ4n) is 1.09. The standard InChI is InChI=1S/C9H7F3N2/c1-5-6(2-3-13)7(10)4-8(14-5)9(11)12/h4,9H,2H2,1H3. The van der Waals surface area contributed by atoms with E-state index in [0.29, 0.717) is 6.07 Å². The number of hydrogen-bond acceptors (Lipinski definition) is 2. The number of hydrogen-bond donors (Lipinski definition) is 0. The van der Waals surface area contributed by atoms with E-state index in [1.165, 1.54) is 6.92 Å². The number of halogens is 3. The molecule has 0 saturated carbocycles. The molecule has 0 aromatic carbocycles. The Hall–Kier alpha value is -1.57. The second-order valence-corrected chi connectivity index (χ2v) is 2.73. The smallest absolute Gasteiger partial charge is 0.252 e. The van der Waals surface area contributed by atoms with Crippen LogP contribution in [0.4, 0.5) is 13.2 Å². The van der Waals surface area contributed by atoms with Gasteiger partial charge in [-0.15, -0.1) is 0 Å². The number of aryl methyl sites for hydroxylation is 1. The first kappa shape index (κ1) is 10.5. The zero-order chi connectivity index (χ0) is 10.7. The lowest BCUT2D eigenvalue weighted by molar-refractivity contribution is 0.145. The summed E-state index contributed by atoms with van der Waals surface area (Å²) in [6, 6.07) is 2.42. The van der Waals surface area contributed by atoms with E-state index in [1.54, 1.807) is 6.07 Å². The van der Waals surface area contributed by atoms with Gasteiger partial charge in [-0.05, 0) is 6.92 Å². The summed E-state index contributed by atoms with van der Waals surface area (Å²) in [6.07, 6.45) is -2.95. The topological polar surface area (TPSA) is 36.7 Å². The van der Waals surface area contributed by atoms with Crippen molar-refractivity contribution in [1.29, 1.82) is 5.26 Å². The Morgan fingerprint density at radius 2 is 2.21 bits per heavy atom. The average molecular weight is 200 g/mol. The molecule has 0 bridgehead atoms. The minimum Gasteiger partial charge on any atom is -0.252 e. The molecule has 1 heterocycles. The maximum Gasteiger partial charge on any atom is 0.280 e. The van der Waals surface area contributed by atoms with Gasteiger partial charge < -0.3 is 0 Å². The summed E-state index contributed by atoms with van der Waals surface area (Å²) < 4.78 is 37.4. The quantitative estimate of drug-likeness (QED) is 0.735. The molecule has 0 spiro atoms. The van der Waals surface area contributed by atoms with Crippen molar-refractivity contribution < 1.29 is 13.2 Å². The van der Waals surface area contributed by atoms with Crippen LogP contribution in [0.2, 0.25) is 0 Å². The molecule has 0 amide bonds. The van der Waals surface area contributed by atoms with Crippen molar-refractivity contribution in [3.05, 3.63) is 28.8 Å². The Bertz CT molecular complexity index is 359. The van der Waals surface area contributed by atoms with Crippen molar-refractivity contribution in [3.8, 4) is 6.07 Å². The number of rotatable bonds is 2. The van der Waals surface area contributed by atoms with Gasteiger partial charge in [0.05, 0.1) is 12.5 Å². The van der Waals surface area contributed by atoms with Crippen molar-refractivity contribution >= 4 is 0 Å². The van der Waals surface area contributed by atoms with Crippen molar-refractivity contribution in [3.63, 3.8) is 0 Å². The van der Waals surface area contributed by atoms with Crippen molar-refractivity contribution in [1.82, 2.24) is 4.98 Å². The van der Waals surface area contributed by atoms with Crippen molar-refractivity contribution in [2.45, 2.75) is 19.8 Å². The maximum absolute atomic E-state index is 13.1. The highest BCUT2D eigenvalue weighted by atomic mass is 19.3. The molecule has 0 aliphatic rings. The van der Waals surface area contributed by atoms with Crippen LogP contribution in [0, 0.1) is 24.1 Å². The highest BCUT2D eigenvalue weighted by Crippen LogP contribution is 2.20. The van der Waals surface area contributed by atoms with Gasteiger partial charge in [0.2, 0.25) is 0 Å². The highest BCUT2D eigenvalue weighted by molar-refractivity contribution is 5.27. The second-order valence-electron chi connectivity index (χ2n) is 2.73. The minimum absolute atomic E-state index is 0.0805. The Morgan fingerprint density at radius 3 is 2.64 bits per heavy atom. The summed E-state index contributed by atoms with van der Waals surface area (Å²) in [5.74, 6) is -0.797. The maximum atomic E-state index is 13.1. The molecule has 0 saturated heterocycles. The van der Waals surface area contributed by atoms with Crippen molar-refractivity contribution in [2.75, 3.05) is 0 Å². The first-order valence-corrected chi connectivity index (χ1v) is 3.87. The summed E-state index contributed by atoms with van der Waals surface area (Å²) in [5.41, 5.74) is -0.375. The van der Waals surface area contributed by atoms with Gasteiger partial charge >= 0.3 is 0 Å². The molecule has 1 aromatic heterocycles. The number of alkyl halides is 2. The Labute approximate surface area is 79.0 Å². The third-order valence-corrected chi connectivity index (χ3v) is 1.78. The number of nitrogens with zero attached hydrogens (tertiary/aromatic N) is 2. The van der Waals surface area contributed by atoms with Gasteiger partial charge in [0.25, 0.3) is 6.43 Å². The lowest BCUT2D eigenvalue weighted by atomic mass is 10.1. The van der Waals surface area contributed by atoms with Gasteiger partial charge in [0.1, 0.15) is 11.5 Å². The van der Waals surface area contributed by atoms with E-state index >= 15 is 0 Å².